The molecule has 0 radical (unpaired) electrons. The Morgan fingerprint density at radius 1 is 1.00 bits per heavy atom. The molecular formula is C18H21ClN2O4. The van der Waals surface area contributed by atoms with Crippen molar-refractivity contribution in [1.82, 2.24) is 4.90 Å². The SMILES string of the molecule is O=C(O)[C@@]12CN(C3CCN(c4ccc(Cl)cc4)CC3)C[C@]1(C(=O)O)C2. The van der Waals surface area contributed by atoms with E-state index >= 15 is 0 Å². The summed E-state index contributed by atoms with van der Waals surface area (Å²) in [6.07, 6.45) is 2.09. The van der Waals surface area contributed by atoms with Gasteiger partial charge in [0.05, 0.1) is 10.8 Å². The summed E-state index contributed by atoms with van der Waals surface area (Å²) in [6.45, 7) is 2.48. The number of halogens is 1. The van der Waals surface area contributed by atoms with Gasteiger partial charge < -0.3 is 15.1 Å². The van der Waals surface area contributed by atoms with Gasteiger partial charge in [0, 0.05) is 42.9 Å². The topological polar surface area (TPSA) is 81.1 Å². The van der Waals surface area contributed by atoms with Crippen LogP contribution in [-0.2, 0) is 9.59 Å². The van der Waals surface area contributed by atoms with Gasteiger partial charge in [-0.3, -0.25) is 14.5 Å². The first-order chi connectivity index (χ1) is 11.9. The van der Waals surface area contributed by atoms with E-state index in [1.807, 2.05) is 24.3 Å². The average molecular weight is 365 g/mol. The molecule has 1 saturated carbocycles. The summed E-state index contributed by atoms with van der Waals surface area (Å²) in [6, 6.07) is 8.02. The maximum atomic E-state index is 11.7. The molecule has 3 fully saturated rings. The van der Waals surface area contributed by atoms with Gasteiger partial charge in [0.15, 0.2) is 0 Å². The zero-order valence-corrected chi connectivity index (χ0v) is 14.6. The second-order valence-corrected chi connectivity index (χ2v) is 7.99. The number of aliphatic carboxylic acids is 2. The minimum atomic E-state index is -1.08. The van der Waals surface area contributed by atoms with Gasteiger partial charge >= 0.3 is 11.9 Å². The fourth-order valence-corrected chi connectivity index (χ4v) is 4.86. The van der Waals surface area contributed by atoms with Gasteiger partial charge in [-0.25, -0.2) is 0 Å². The number of nitrogens with zero attached hydrogens (tertiary/aromatic N) is 2. The number of hydrogen-bond donors (Lipinski definition) is 2. The van der Waals surface area contributed by atoms with Gasteiger partial charge in [0.1, 0.15) is 0 Å². The van der Waals surface area contributed by atoms with Crippen LogP contribution in [0.2, 0.25) is 5.02 Å². The molecule has 25 heavy (non-hydrogen) atoms. The molecule has 0 amide bonds. The Kier molecular flexibility index (Phi) is 3.74. The van der Waals surface area contributed by atoms with Crippen LogP contribution in [0.25, 0.3) is 0 Å². The molecular weight excluding hydrogens is 344 g/mol. The van der Waals surface area contributed by atoms with E-state index in [2.05, 4.69) is 9.80 Å². The van der Waals surface area contributed by atoms with E-state index in [1.54, 1.807) is 0 Å². The van der Waals surface area contributed by atoms with Crippen molar-refractivity contribution in [2.45, 2.75) is 25.3 Å². The molecule has 4 rings (SSSR count). The fourth-order valence-electron chi connectivity index (χ4n) is 4.73. The number of likely N-dealkylation sites (tertiary alicyclic amines) is 1. The quantitative estimate of drug-likeness (QED) is 0.852. The Balaban J connectivity index is 1.41. The molecule has 2 atom stereocenters. The summed E-state index contributed by atoms with van der Waals surface area (Å²) >= 11 is 5.93. The molecule has 2 heterocycles. The lowest BCUT2D eigenvalue weighted by Crippen LogP contribution is -2.46. The van der Waals surface area contributed by atoms with Crippen LogP contribution in [-0.4, -0.2) is 59.3 Å². The number of benzene rings is 1. The average Bonchev–Trinajstić information content (AvgIpc) is 3.14. The van der Waals surface area contributed by atoms with Crippen LogP contribution < -0.4 is 4.90 Å². The van der Waals surface area contributed by atoms with Gasteiger partial charge in [-0.05, 0) is 43.5 Å². The molecule has 1 aromatic carbocycles. The van der Waals surface area contributed by atoms with E-state index in [0.717, 1.165) is 31.6 Å². The Morgan fingerprint density at radius 2 is 1.52 bits per heavy atom. The Labute approximate surface area is 151 Å². The van der Waals surface area contributed by atoms with E-state index in [4.69, 9.17) is 11.6 Å². The lowest BCUT2D eigenvalue weighted by molar-refractivity contribution is -0.151. The van der Waals surface area contributed by atoms with Crippen molar-refractivity contribution in [1.29, 1.82) is 0 Å². The lowest BCUT2D eigenvalue weighted by Gasteiger charge is -2.38. The van der Waals surface area contributed by atoms with Crippen molar-refractivity contribution >= 4 is 29.2 Å². The molecule has 2 saturated heterocycles. The predicted octanol–water partition coefficient (Wildman–Crippen LogP) is 2.17. The molecule has 2 aliphatic heterocycles. The standard InChI is InChI=1S/C18H21ClN2O4/c19-12-1-3-13(4-2-12)20-7-5-14(6-8-20)21-10-17(15(22)23)9-18(17,11-21)16(24)25/h1-4,14H,5-11H2,(H,22,23)(H,24,25)/t17-,18+. The molecule has 7 heteroatoms. The first-order valence-corrected chi connectivity index (χ1v) is 8.97. The number of carboxylic acid groups (broad SMARTS) is 2. The van der Waals surface area contributed by atoms with Gasteiger partial charge in [0.25, 0.3) is 0 Å². The first-order valence-electron chi connectivity index (χ1n) is 8.59. The molecule has 3 aliphatic rings. The zero-order chi connectivity index (χ0) is 17.8. The molecule has 0 spiro atoms. The smallest absolute Gasteiger partial charge is 0.312 e. The summed E-state index contributed by atoms with van der Waals surface area (Å²) in [5, 5.41) is 19.8. The van der Waals surface area contributed by atoms with Gasteiger partial charge in [0.2, 0.25) is 0 Å². The van der Waals surface area contributed by atoms with Gasteiger partial charge in [-0.1, -0.05) is 11.6 Å². The highest BCUT2D eigenvalue weighted by molar-refractivity contribution is 6.30. The lowest BCUT2D eigenvalue weighted by atomic mass is 9.97. The van der Waals surface area contributed by atoms with E-state index in [9.17, 15) is 19.8 Å². The Bertz CT molecular complexity index is 688. The number of hydrogen-bond acceptors (Lipinski definition) is 4. The third-order valence-electron chi connectivity index (χ3n) is 6.33. The van der Waals surface area contributed by atoms with Crippen molar-refractivity contribution in [2.75, 3.05) is 31.1 Å². The van der Waals surface area contributed by atoms with Crippen LogP contribution in [0.15, 0.2) is 24.3 Å². The highest BCUT2D eigenvalue weighted by atomic mass is 35.5. The first kappa shape index (κ1) is 16.7. The molecule has 1 aromatic rings. The summed E-state index contributed by atoms with van der Waals surface area (Å²) in [5.41, 5.74) is -1.02. The molecule has 6 nitrogen and oxygen atoms in total. The Morgan fingerprint density at radius 3 is 2.00 bits per heavy atom. The number of carboxylic acids is 2. The van der Waals surface area contributed by atoms with Crippen molar-refractivity contribution in [2.24, 2.45) is 10.8 Å². The van der Waals surface area contributed by atoms with E-state index in [0.29, 0.717) is 18.1 Å². The van der Waals surface area contributed by atoms with E-state index < -0.39 is 22.8 Å². The highest BCUT2D eigenvalue weighted by Crippen LogP contribution is 2.69. The predicted molar refractivity (Wildman–Crippen MR) is 93.0 cm³/mol. The van der Waals surface area contributed by atoms with Crippen molar-refractivity contribution in [3.05, 3.63) is 29.3 Å². The molecule has 1 aliphatic carbocycles. The van der Waals surface area contributed by atoms with Crippen LogP contribution in [0.3, 0.4) is 0 Å². The number of piperidine rings is 2. The van der Waals surface area contributed by atoms with Crippen molar-refractivity contribution < 1.29 is 19.8 Å². The largest absolute Gasteiger partial charge is 0.481 e. The molecule has 0 aromatic heterocycles. The van der Waals surface area contributed by atoms with Crippen LogP contribution in [0, 0.1) is 10.8 Å². The zero-order valence-electron chi connectivity index (χ0n) is 13.8. The van der Waals surface area contributed by atoms with Gasteiger partial charge in [-0.2, -0.15) is 0 Å². The molecule has 0 unspecified atom stereocenters. The summed E-state index contributed by atoms with van der Waals surface area (Å²) in [5.74, 6) is -1.92. The highest BCUT2D eigenvalue weighted by Gasteiger charge is 2.81. The maximum Gasteiger partial charge on any atom is 0.312 e. The van der Waals surface area contributed by atoms with Crippen LogP contribution in [0.1, 0.15) is 19.3 Å². The summed E-state index contributed by atoms with van der Waals surface area (Å²) in [4.78, 5) is 27.7. The second kappa shape index (κ2) is 5.61. The van der Waals surface area contributed by atoms with Crippen molar-refractivity contribution in [3.8, 4) is 0 Å². The molecule has 134 valence electrons. The minimum Gasteiger partial charge on any atom is -0.481 e. The van der Waals surface area contributed by atoms with Gasteiger partial charge in [-0.15, -0.1) is 0 Å². The van der Waals surface area contributed by atoms with E-state index in [1.165, 1.54) is 0 Å². The van der Waals surface area contributed by atoms with Crippen LogP contribution in [0.4, 0.5) is 5.69 Å². The molecule has 2 N–H and O–H groups in total. The second-order valence-electron chi connectivity index (χ2n) is 7.55. The molecule has 0 bridgehead atoms. The third-order valence-corrected chi connectivity index (χ3v) is 6.58. The number of carbonyl (C=O) groups is 2. The maximum absolute atomic E-state index is 11.7. The van der Waals surface area contributed by atoms with E-state index in [-0.39, 0.29) is 12.5 Å². The Hall–Kier alpha value is -1.79. The van der Waals surface area contributed by atoms with Crippen LogP contribution >= 0.6 is 11.6 Å². The third kappa shape index (κ3) is 2.42. The minimum absolute atomic E-state index is 0.254. The fraction of sp³-hybridized carbons (Fsp3) is 0.556. The summed E-state index contributed by atoms with van der Waals surface area (Å²) in [7, 11) is 0. The number of rotatable bonds is 4. The van der Waals surface area contributed by atoms with Crippen molar-refractivity contribution in [3.63, 3.8) is 0 Å². The number of fused-ring (bicyclic) bond motifs is 1. The monoisotopic (exact) mass is 364 g/mol. The number of anilines is 1. The summed E-state index contributed by atoms with van der Waals surface area (Å²) < 4.78 is 0. The normalized spacial score (nSPS) is 32.4. The van der Waals surface area contributed by atoms with Crippen LogP contribution in [0.5, 0.6) is 0 Å².